The van der Waals surface area contributed by atoms with Crippen molar-refractivity contribution in [3.05, 3.63) is 71.3 Å². The van der Waals surface area contributed by atoms with Crippen molar-refractivity contribution in [1.82, 2.24) is 5.43 Å². The molecule has 1 atom stereocenters. The Morgan fingerprint density at radius 3 is 2.33 bits per heavy atom. The number of benzene rings is 2. The molecule has 0 saturated heterocycles. The van der Waals surface area contributed by atoms with E-state index < -0.39 is 0 Å². The monoisotopic (exact) mass is 284 g/mol. The normalized spacial score (nSPS) is 11.9. The first-order valence-electron chi connectivity index (χ1n) is 6.93. The summed E-state index contributed by atoms with van der Waals surface area (Å²) in [5.41, 5.74) is 5.29. The molecule has 2 aromatic carbocycles. The summed E-state index contributed by atoms with van der Waals surface area (Å²) in [6, 6.07) is 17.9. The second kappa shape index (κ2) is 7.57. The highest BCUT2D eigenvalue weighted by Gasteiger charge is 2.06. The molecule has 21 heavy (non-hydrogen) atoms. The molecule has 0 radical (unpaired) electrons. The minimum Gasteiger partial charge on any atom is -0.369 e. The fourth-order valence-corrected chi connectivity index (χ4v) is 2.03. The van der Waals surface area contributed by atoms with E-state index in [9.17, 15) is 4.79 Å². The average Bonchev–Trinajstić information content (AvgIpc) is 2.54. The minimum atomic E-state index is -0.198. The molecule has 3 N–H and O–H groups in total. The van der Waals surface area contributed by atoms with Crippen LogP contribution >= 0.6 is 0 Å². The van der Waals surface area contributed by atoms with Crippen LogP contribution in [0.1, 0.15) is 29.7 Å². The summed E-state index contributed by atoms with van der Waals surface area (Å²) >= 11 is 0. The lowest BCUT2D eigenvalue weighted by Crippen LogP contribution is -2.31. The number of hydrogen-bond donors (Lipinski definition) is 2. The number of nitrogens with one attached hydrogen (secondary N) is 1. The highest BCUT2D eigenvalue weighted by molar-refractivity contribution is 5.77. The van der Waals surface area contributed by atoms with E-state index in [0.717, 1.165) is 16.7 Å². The van der Waals surface area contributed by atoms with Crippen LogP contribution in [0, 0.1) is 0 Å². The van der Waals surface area contributed by atoms with E-state index in [2.05, 4.69) is 17.6 Å². The number of ether oxygens (including phenoxy) is 1. The zero-order chi connectivity index (χ0) is 15.1. The Morgan fingerprint density at radius 1 is 1.10 bits per heavy atom. The molecule has 1 amide bonds. The molecule has 0 aliphatic rings. The number of nitrogens with two attached hydrogens (primary N) is 1. The van der Waals surface area contributed by atoms with Crippen molar-refractivity contribution in [3.63, 3.8) is 0 Å². The molecule has 0 heterocycles. The smallest absolute Gasteiger partial charge is 0.238 e. The van der Waals surface area contributed by atoms with Gasteiger partial charge in [0.05, 0.1) is 19.1 Å². The van der Waals surface area contributed by atoms with E-state index in [1.165, 1.54) is 0 Å². The summed E-state index contributed by atoms with van der Waals surface area (Å²) < 4.78 is 5.86. The summed E-state index contributed by atoms with van der Waals surface area (Å²) in [7, 11) is 0. The number of hydrazine groups is 1. The first-order valence-corrected chi connectivity index (χ1v) is 6.93. The van der Waals surface area contributed by atoms with Gasteiger partial charge in [-0.05, 0) is 23.6 Å². The first kappa shape index (κ1) is 15.2. The van der Waals surface area contributed by atoms with Gasteiger partial charge in [0, 0.05) is 0 Å². The van der Waals surface area contributed by atoms with Gasteiger partial charge in [-0.3, -0.25) is 10.2 Å². The van der Waals surface area contributed by atoms with E-state index in [1.54, 1.807) is 0 Å². The zero-order valence-electron chi connectivity index (χ0n) is 12.1. The maximum atomic E-state index is 11.2. The Hall–Kier alpha value is -2.17. The van der Waals surface area contributed by atoms with Crippen molar-refractivity contribution in [2.75, 3.05) is 0 Å². The van der Waals surface area contributed by atoms with Crippen molar-refractivity contribution in [1.29, 1.82) is 0 Å². The van der Waals surface area contributed by atoms with Gasteiger partial charge in [-0.15, -0.1) is 0 Å². The van der Waals surface area contributed by atoms with Gasteiger partial charge in [0.15, 0.2) is 0 Å². The van der Waals surface area contributed by atoms with Crippen molar-refractivity contribution < 1.29 is 9.53 Å². The Morgan fingerprint density at radius 2 is 1.71 bits per heavy atom. The molecule has 2 rings (SSSR count). The van der Waals surface area contributed by atoms with Gasteiger partial charge >= 0.3 is 0 Å². The largest absolute Gasteiger partial charge is 0.369 e. The first-order chi connectivity index (χ1) is 10.2. The molecule has 0 saturated carbocycles. The van der Waals surface area contributed by atoms with E-state index >= 15 is 0 Å². The summed E-state index contributed by atoms with van der Waals surface area (Å²) in [5.74, 6) is 4.87. The Bertz CT molecular complexity index is 567. The number of carbonyl (C=O) groups is 1. The van der Waals surface area contributed by atoms with Crippen LogP contribution in [0.15, 0.2) is 54.6 Å². The van der Waals surface area contributed by atoms with Gasteiger partial charge in [-0.1, -0.05) is 54.6 Å². The zero-order valence-corrected chi connectivity index (χ0v) is 12.1. The third-order valence-electron chi connectivity index (χ3n) is 3.32. The predicted octanol–water partition coefficient (Wildman–Crippen LogP) is 2.50. The molecule has 0 fully saturated rings. The third-order valence-corrected chi connectivity index (χ3v) is 3.32. The summed E-state index contributed by atoms with van der Waals surface area (Å²) in [5, 5.41) is 0. The predicted molar refractivity (Wildman–Crippen MR) is 82.1 cm³/mol. The van der Waals surface area contributed by atoms with Gasteiger partial charge in [0.25, 0.3) is 0 Å². The van der Waals surface area contributed by atoms with Gasteiger partial charge in [0.2, 0.25) is 5.91 Å². The van der Waals surface area contributed by atoms with Crippen molar-refractivity contribution in [2.45, 2.75) is 26.1 Å². The molecule has 4 nitrogen and oxygen atoms in total. The molecule has 1 unspecified atom stereocenters. The molecule has 0 spiro atoms. The lowest BCUT2D eigenvalue weighted by Gasteiger charge is -2.13. The second-order valence-corrected chi connectivity index (χ2v) is 4.92. The molecule has 0 aromatic heterocycles. The third kappa shape index (κ3) is 4.70. The van der Waals surface area contributed by atoms with E-state index in [-0.39, 0.29) is 18.4 Å². The number of rotatable bonds is 6. The van der Waals surface area contributed by atoms with E-state index in [1.807, 2.05) is 49.4 Å². The fraction of sp³-hybridized carbons (Fsp3) is 0.235. The number of carbonyl (C=O) groups excluding carboxylic acids is 1. The Balaban J connectivity index is 1.87. The molecular weight excluding hydrogens is 264 g/mol. The van der Waals surface area contributed by atoms with Gasteiger partial charge < -0.3 is 4.74 Å². The van der Waals surface area contributed by atoms with Crippen LogP contribution in [0.5, 0.6) is 0 Å². The molecule has 0 aliphatic heterocycles. The van der Waals surface area contributed by atoms with Crippen LogP contribution in [-0.2, 0) is 22.6 Å². The van der Waals surface area contributed by atoms with Crippen LogP contribution in [0.25, 0.3) is 0 Å². The SMILES string of the molecule is CC(OCc1ccc(CC(=O)NN)cc1)c1ccccc1. The highest BCUT2D eigenvalue weighted by Crippen LogP contribution is 2.18. The highest BCUT2D eigenvalue weighted by atomic mass is 16.5. The van der Waals surface area contributed by atoms with E-state index in [0.29, 0.717) is 6.61 Å². The van der Waals surface area contributed by atoms with Crippen LogP contribution in [0.3, 0.4) is 0 Å². The maximum Gasteiger partial charge on any atom is 0.238 e. The van der Waals surface area contributed by atoms with E-state index in [4.69, 9.17) is 10.6 Å². The van der Waals surface area contributed by atoms with Gasteiger partial charge in [-0.25, -0.2) is 5.84 Å². The molecule has 0 bridgehead atoms. The molecular formula is C17H20N2O2. The lowest BCUT2D eigenvalue weighted by atomic mass is 10.1. The second-order valence-electron chi connectivity index (χ2n) is 4.92. The average molecular weight is 284 g/mol. The molecule has 0 aliphatic carbocycles. The standard InChI is InChI=1S/C17H20N2O2/c1-13(16-5-3-2-4-6-16)21-12-15-9-7-14(8-10-15)11-17(20)19-18/h2-10,13H,11-12,18H2,1H3,(H,19,20). The van der Waals surface area contributed by atoms with Crippen LogP contribution in [-0.4, -0.2) is 5.91 Å². The van der Waals surface area contributed by atoms with Crippen LogP contribution in [0.4, 0.5) is 0 Å². The summed E-state index contributed by atoms with van der Waals surface area (Å²) in [6.07, 6.45) is 0.340. The van der Waals surface area contributed by atoms with Crippen molar-refractivity contribution >= 4 is 5.91 Å². The Kier molecular flexibility index (Phi) is 5.49. The van der Waals surface area contributed by atoms with Gasteiger partial charge in [0.1, 0.15) is 0 Å². The molecule has 4 heteroatoms. The van der Waals surface area contributed by atoms with Crippen LogP contribution < -0.4 is 11.3 Å². The quantitative estimate of drug-likeness (QED) is 0.486. The maximum absolute atomic E-state index is 11.2. The van der Waals surface area contributed by atoms with Gasteiger partial charge in [-0.2, -0.15) is 0 Å². The summed E-state index contributed by atoms with van der Waals surface area (Å²) in [4.78, 5) is 11.2. The Labute approximate surface area is 124 Å². The lowest BCUT2D eigenvalue weighted by molar-refractivity contribution is -0.120. The topological polar surface area (TPSA) is 64.3 Å². The summed E-state index contributed by atoms with van der Waals surface area (Å²) in [6.45, 7) is 2.58. The minimum absolute atomic E-state index is 0.0499. The van der Waals surface area contributed by atoms with Crippen molar-refractivity contribution in [2.24, 2.45) is 5.84 Å². The fourth-order valence-electron chi connectivity index (χ4n) is 2.03. The molecule has 110 valence electrons. The number of hydrogen-bond acceptors (Lipinski definition) is 3. The number of amides is 1. The van der Waals surface area contributed by atoms with Crippen molar-refractivity contribution in [3.8, 4) is 0 Å². The molecule has 2 aromatic rings. The van der Waals surface area contributed by atoms with Crippen LogP contribution in [0.2, 0.25) is 0 Å².